The zero-order valence-corrected chi connectivity index (χ0v) is 9.30. The highest BCUT2D eigenvalue weighted by molar-refractivity contribution is 9.10. The molecular formula is C10H4BrClN2. The van der Waals surface area contributed by atoms with E-state index in [2.05, 4.69) is 25.8 Å². The van der Waals surface area contributed by atoms with Crippen LogP contribution in [0.2, 0.25) is 5.02 Å². The molecule has 0 N–H and O–H groups in total. The lowest BCUT2D eigenvalue weighted by molar-refractivity contribution is 1.39. The maximum atomic E-state index is 6.88. The first-order valence-corrected chi connectivity index (χ1v) is 5.00. The van der Waals surface area contributed by atoms with Gasteiger partial charge in [-0.25, -0.2) is 0 Å². The number of benzene rings is 1. The summed E-state index contributed by atoms with van der Waals surface area (Å²) >= 11 is 9.37. The SMILES string of the molecule is [C-]#[N+]c1ncc2ccc(Br)cc2c1Cl. The van der Waals surface area contributed by atoms with Gasteiger partial charge < -0.3 is 4.85 Å². The Kier molecular flexibility index (Phi) is 2.40. The Balaban J connectivity index is 2.88. The van der Waals surface area contributed by atoms with Crippen LogP contribution in [0, 0.1) is 6.57 Å². The molecule has 0 fully saturated rings. The van der Waals surface area contributed by atoms with E-state index in [9.17, 15) is 0 Å². The largest absolute Gasteiger partial charge is 0.359 e. The minimum absolute atomic E-state index is 0.247. The number of nitrogens with zero attached hydrogens (tertiary/aromatic N) is 2. The summed E-state index contributed by atoms with van der Waals surface area (Å²) in [5.74, 6) is 0.247. The van der Waals surface area contributed by atoms with Gasteiger partial charge >= 0.3 is 0 Å². The highest BCUT2D eigenvalue weighted by atomic mass is 79.9. The Morgan fingerprint density at radius 3 is 2.93 bits per heavy atom. The third kappa shape index (κ3) is 1.47. The number of rotatable bonds is 0. The second-order valence-electron chi connectivity index (χ2n) is 2.74. The van der Waals surface area contributed by atoms with Crippen molar-refractivity contribution in [1.82, 2.24) is 4.98 Å². The molecule has 2 aromatic rings. The number of halogens is 2. The fourth-order valence-corrected chi connectivity index (χ4v) is 1.83. The van der Waals surface area contributed by atoms with Crippen LogP contribution in [0.4, 0.5) is 5.82 Å². The van der Waals surface area contributed by atoms with Gasteiger partial charge in [-0.3, -0.25) is 0 Å². The van der Waals surface area contributed by atoms with Crippen molar-refractivity contribution in [3.8, 4) is 0 Å². The van der Waals surface area contributed by atoms with Crippen molar-refractivity contribution in [3.05, 3.63) is 45.3 Å². The second-order valence-corrected chi connectivity index (χ2v) is 4.03. The van der Waals surface area contributed by atoms with Crippen molar-refractivity contribution in [1.29, 1.82) is 0 Å². The van der Waals surface area contributed by atoms with E-state index in [0.717, 1.165) is 15.2 Å². The van der Waals surface area contributed by atoms with Crippen LogP contribution in [0.15, 0.2) is 28.9 Å². The van der Waals surface area contributed by atoms with E-state index in [1.165, 1.54) is 0 Å². The van der Waals surface area contributed by atoms with Gasteiger partial charge in [-0.1, -0.05) is 34.1 Å². The van der Waals surface area contributed by atoms with Gasteiger partial charge in [0.2, 0.25) is 0 Å². The van der Waals surface area contributed by atoms with Crippen LogP contribution in [-0.2, 0) is 0 Å². The zero-order chi connectivity index (χ0) is 10.1. The van der Waals surface area contributed by atoms with Gasteiger partial charge in [0.1, 0.15) is 6.20 Å². The zero-order valence-electron chi connectivity index (χ0n) is 6.96. The number of hydrogen-bond acceptors (Lipinski definition) is 1. The third-order valence-electron chi connectivity index (χ3n) is 1.88. The molecule has 0 saturated heterocycles. The monoisotopic (exact) mass is 266 g/mol. The molecule has 0 unspecified atom stereocenters. The summed E-state index contributed by atoms with van der Waals surface area (Å²) in [4.78, 5) is 7.19. The van der Waals surface area contributed by atoms with E-state index in [0.29, 0.717) is 5.02 Å². The normalized spacial score (nSPS) is 10.1. The Morgan fingerprint density at radius 1 is 1.43 bits per heavy atom. The molecule has 0 bridgehead atoms. The Morgan fingerprint density at radius 2 is 2.21 bits per heavy atom. The molecule has 0 atom stereocenters. The van der Waals surface area contributed by atoms with Crippen molar-refractivity contribution >= 4 is 44.1 Å². The van der Waals surface area contributed by atoms with Gasteiger partial charge in [0, 0.05) is 9.86 Å². The van der Waals surface area contributed by atoms with Gasteiger partial charge in [0.25, 0.3) is 5.82 Å². The first-order valence-electron chi connectivity index (χ1n) is 3.83. The third-order valence-corrected chi connectivity index (χ3v) is 2.75. The van der Waals surface area contributed by atoms with Crippen LogP contribution < -0.4 is 0 Å². The Bertz CT molecular complexity index is 546. The molecule has 0 aliphatic heterocycles. The summed E-state index contributed by atoms with van der Waals surface area (Å²) in [6, 6.07) is 5.71. The maximum absolute atomic E-state index is 6.88. The lowest BCUT2D eigenvalue weighted by atomic mass is 10.2. The Hall–Kier alpha value is -1.11. The minimum atomic E-state index is 0.247. The molecule has 1 heterocycles. The molecule has 0 amide bonds. The number of aromatic nitrogens is 1. The standard InChI is InChI=1S/C10H4BrClN2/c1-13-10-9(12)8-4-7(11)3-2-6(8)5-14-10/h2-5H. The highest BCUT2D eigenvalue weighted by Gasteiger charge is 2.07. The molecular weight excluding hydrogens is 263 g/mol. The number of fused-ring (bicyclic) bond motifs is 1. The molecule has 2 rings (SSSR count). The van der Waals surface area contributed by atoms with Gasteiger partial charge in [-0.15, -0.1) is 4.98 Å². The maximum Gasteiger partial charge on any atom is 0.288 e. The molecule has 1 aromatic heterocycles. The molecule has 68 valence electrons. The predicted octanol–water partition coefficient (Wildman–Crippen LogP) is 4.20. The van der Waals surface area contributed by atoms with Crippen molar-refractivity contribution in [2.75, 3.05) is 0 Å². The Labute approximate surface area is 94.5 Å². The van der Waals surface area contributed by atoms with Crippen LogP contribution in [0.1, 0.15) is 0 Å². The van der Waals surface area contributed by atoms with Gasteiger partial charge in [-0.05, 0) is 23.6 Å². The fourth-order valence-electron chi connectivity index (χ4n) is 1.22. The minimum Gasteiger partial charge on any atom is -0.359 e. The van der Waals surface area contributed by atoms with E-state index < -0.39 is 0 Å². The van der Waals surface area contributed by atoms with E-state index in [1.54, 1.807) is 6.20 Å². The van der Waals surface area contributed by atoms with Crippen LogP contribution >= 0.6 is 27.5 Å². The van der Waals surface area contributed by atoms with E-state index in [4.69, 9.17) is 18.2 Å². The van der Waals surface area contributed by atoms with Gasteiger partial charge in [-0.2, -0.15) is 0 Å². The predicted molar refractivity (Wildman–Crippen MR) is 60.7 cm³/mol. The summed E-state index contributed by atoms with van der Waals surface area (Å²) in [7, 11) is 0. The van der Waals surface area contributed by atoms with Crippen molar-refractivity contribution in [2.24, 2.45) is 0 Å². The summed E-state index contributed by atoms with van der Waals surface area (Å²) in [6.45, 7) is 6.88. The molecule has 0 radical (unpaired) electrons. The van der Waals surface area contributed by atoms with E-state index >= 15 is 0 Å². The molecule has 0 spiro atoms. The average molecular weight is 268 g/mol. The van der Waals surface area contributed by atoms with E-state index in [-0.39, 0.29) is 5.82 Å². The molecule has 1 aromatic carbocycles. The highest BCUT2D eigenvalue weighted by Crippen LogP contribution is 2.32. The first-order chi connectivity index (χ1) is 6.72. The van der Waals surface area contributed by atoms with Crippen molar-refractivity contribution in [2.45, 2.75) is 0 Å². The van der Waals surface area contributed by atoms with Gasteiger partial charge in [0.15, 0.2) is 0 Å². The molecule has 0 aliphatic carbocycles. The first kappa shape index (κ1) is 9.45. The number of hydrogen-bond donors (Lipinski definition) is 0. The lowest BCUT2D eigenvalue weighted by Gasteiger charge is -2.00. The van der Waals surface area contributed by atoms with E-state index in [1.807, 2.05) is 18.2 Å². The van der Waals surface area contributed by atoms with Crippen LogP contribution in [0.5, 0.6) is 0 Å². The molecule has 4 heteroatoms. The fraction of sp³-hybridized carbons (Fsp3) is 0. The molecule has 2 nitrogen and oxygen atoms in total. The smallest absolute Gasteiger partial charge is 0.288 e. The topological polar surface area (TPSA) is 17.2 Å². The average Bonchev–Trinajstić information content (AvgIpc) is 2.20. The summed E-state index contributed by atoms with van der Waals surface area (Å²) in [6.07, 6.45) is 1.65. The summed E-state index contributed by atoms with van der Waals surface area (Å²) < 4.78 is 0.939. The summed E-state index contributed by atoms with van der Waals surface area (Å²) in [5.41, 5.74) is 0. The van der Waals surface area contributed by atoms with Gasteiger partial charge in [0.05, 0.1) is 5.02 Å². The van der Waals surface area contributed by atoms with Crippen LogP contribution in [0.3, 0.4) is 0 Å². The van der Waals surface area contributed by atoms with Crippen LogP contribution in [0.25, 0.3) is 15.6 Å². The molecule has 0 aliphatic rings. The van der Waals surface area contributed by atoms with Crippen LogP contribution in [-0.4, -0.2) is 4.98 Å². The molecule has 14 heavy (non-hydrogen) atoms. The number of pyridine rings is 1. The second kappa shape index (κ2) is 3.56. The quantitative estimate of drug-likeness (QED) is 0.654. The lowest BCUT2D eigenvalue weighted by Crippen LogP contribution is -1.79. The van der Waals surface area contributed by atoms with Crippen molar-refractivity contribution in [3.63, 3.8) is 0 Å². The summed E-state index contributed by atoms with van der Waals surface area (Å²) in [5, 5.41) is 2.20. The molecule has 0 saturated carbocycles. The van der Waals surface area contributed by atoms with Crippen molar-refractivity contribution < 1.29 is 0 Å².